The van der Waals surface area contributed by atoms with E-state index in [9.17, 15) is 4.79 Å². The lowest BCUT2D eigenvalue weighted by molar-refractivity contribution is 0.174. The summed E-state index contributed by atoms with van der Waals surface area (Å²) in [6, 6.07) is 5.54. The molecule has 1 N–H and O–H groups in total. The van der Waals surface area contributed by atoms with Gasteiger partial charge in [-0.05, 0) is 30.5 Å². The number of nitrogens with zero attached hydrogens (tertiary/aromatic N) is 3. The average Bonchev–Trinajstić information content (AvgIpc) is 3.26. The topological polar surface area (TPSA) is 71.8 Å². The number of ether oxygens (including phenoxy) is 2. The molecule has 27 heavy (non-hydrogen) atoms. The van der Waals surface area contributed by atoms with Crippen LogP contribution in [0.2, 0.25) is 0 Å². The fourth-order valence-electron chi connectivity index (χ4n) is 3.66. The summed E-state index contributed by atoms with van der Waals surface area (Å²) in [6.07, 6.45) is 5.84. The highest BCUT2D eigenvalue weighted by Gasteiger charge is 2.24. The molecule has 0 amide bonds. The molecule has 7 nitrogen and oxygen atoms in total. The van der Waals surface area contributed by atoms with Crippen molar-refractivity contribution < 1.29 is 9.47 Å². The first-order valence-corrected chi connectivity index (χ1v) is 9.26. The second-order valence-corrected chi connectivity index (χ2v) is 6.78. The monoisotopic (exact) mass is 368 g/mol. The lowest BCUT2D eigenvalue weighted by atomic mass is 10.1. The van der Waals surface area contributed by atoms with E-state index in [1.807, 2.05) is 24.4 Å². The average molecular weight is 368 g/mol. The Morgan fingerprint density at radius 1 is 1.33 bits per heavy atom. The quantitative estimate of drug-likeness (QED) is 0.822. The van der Waals surface area contributed by atoms with E-state index in [0.29, 0.717) is 11.5 Å². The van der Waals surface area contributed by atoms with Gasteiger partial charge in [0.05, 0.1) is 11.4 Å². The minimum Gasteiger partial charge on any atom is -0.454 e. The highest BCUT2D eigenvalue weighted by molar-refractivity contribution is 5.78. The van der Waals surface area contributed by atoms with Gasteiger partial charge in [-0.3, -0.25) is 19.8 Å². The zero-order chi connectivity index (χ0) is 18.8. The molecule has 0 atom stereocenters. The van der Waals surface area contributed by atoms with Gasteiger partial charge in [0.2, 0.25) is 6.79 Å². The molecule has 3 heterocycles. The van der Waals surface area contributed by atoms with Gasteiger partial charge in [-0.2, -0.15) is 0 Å². The van der Waals surface area contributed by atoms with Gasteiger partial charge in [-0.15, -0.1) is 0 Å². The first-order valence-electron chi connectivity index (χ1n) is 9.26. The maximum atomic E-state index is 12.9. The highest BCUT2D eigenvalue weighted by atomic mass is 16.7. The molecule has 0 saturated heterocycles. The van der Waals surface area contributed by atoms with Crippen LogP contribution in [-0.2, 0) is 13.0 Å². The summed E-state index contributed by atoms with van der Waals surface area (Å²) < 4.78 is 12.4. The molecule has 0 saturated carbocycles. The number of fused-ring (bicyclic) bond motifs is 2. The number of rotatable bonds is 5. The van der Waals surface area contributed by atoms with Crippen molar-refractivity contribution in [1.29, 1.82) is 0 Å². The van der Waals surface area contributed by atoms with Crippen molar-refractivity contribution in [2.24, 2.45) is 4.99 Å². The molecule has 142 valence electrons. The fraction of sp³-hybridized carbons (Fsp3) is 0.400. The molecular formula is C20H24N4O3. The number of aromatic nitrogens is 2. The Hall–Kier alpha value is -2.80. The van der Waals surface area contributed by atoms with E-state index < -0.39 is 0 Å². The Bertz CT molecular complexity index is 955. The summed E-state index contributed by atoms with van der Waals surface area (Å²) >= 11 is 0. The number of H-pyrrole nitrogens is 1. The maximum absolute atomic E-state index is 12.9. The van der Waals surface area contributed by atoms with E-state index in [1.165, 1.54) is 5.57 Å². The Morgan fingerprint density at radius 3 is 3.00 bits per heavy atom. The predicted molar refractivity (Wildman–Crippen MR) is 104 cm³/mol. The lowest BCUT2D eigenvalue weighted by Crippen LogP contribution is -2.33. The summed E-state index contributed by atoms with van der Waals surface area (Å²) in [7, 11) is 1.79. The Kier molecular flexibility index (Phi) is 4.85. The number of benzene rings is 1. The summed E-state index contributed by atoms with van der Waals surface area (Å²) in [4.78, 5) is 19.3. The molecule has 0 fully saturated rings. The van der Waals surface area contributed by atoms with Crippen LogP contribution < -0.4 is 15.0 Å². The van der Waals surface area contributed by atoms with Gasteiger partial charge < -0.3 is 9.47 Å². The zero-order valence-electron chi connectivity index (χ0n) is 15.7. The van der Waals surface area contributed by atoms with Gasteiger partial charge in [0, 0.05) is 44.5 Å². The molecule has 0 radical (unpaired) electrons. The Labute approximate surface area is 157 Å². The SMILES string of the molecule is CC/C=C(\C=NC)CN1CCc2c([nH]n(-c3ccc4c(c3)OCO4)c2=O)C1. The Balaban J connectivity index is 1.58. The largest absolute Gasteiger partial charge is 0.454 e. The number of aromatic amines is 1. The second kappa shape index (κ2) is 7.44. The van der Waals surface area contributed by atoms with Crippen LogP contribution in [0.5, 0.6) is 11.5 Å². The number of nitrogens with one attached hydrogen (secondary N) is 1. The third kappa shape index (κ3) is 3.42. The van der Waals surface area contributed by atoms with Crippen LogP contribution >= 0.6 is 0 Å². The van der Waals surface area contributed by atoms with Gasteiger partial charge in [-0.25, -0.2) is 4.68 Å². The molecule has 0 unspecified atom stereocenters. The van der Waals surface area contributed by atoms with Gasteiger partial charge >= 0.3 is 0 Å². The molecule has 0 spiro atoms. The number of aliphatic imine (C=N–C) groups is 1. The molecule has 1 aromatic carbocycles. The molecular weight excluding hydrogens is 344 g/mol. The molecule has 0 bridgehead atoms. The van der Waals surface area contributed by atoms with Gasteiger partial charge in [0.15, 0.2) is 11.5 Å². The van der Waals surface area contributed by atoms with Crippen molar-refractivity contribution >= 4 is 6.21 Å². The minimum absolute atomic E-state index is 0.0166. The molecule has 2 aliphatic rings. The molecule has 1 aromatic heterocycles. The standard InChI is InChI=1S/C20H24N4O3/c1-3-4-14(10-21-2)11-23-8-7-16-17(12-23)22-24(20(16)25)15-5-6-18-19(9-15)27-13-26-18/h4-6,9-10,22H,3,7-8,11-13H2,1-2H3/b14-4+,21-10?. The number of hydrogen-bond acceptors (Lipinski definition) is 5. The molecule has 4 rings (SSSR count). The maximum Gasteiger partial charge on any atom is 0.274 e. The van der Waals surface area contributed by atoms with E-state index in [-0.39, 0.29) is 12.4 Å². The van der Waals surface area contributed by atoms with Crippen LogP contribution in [0.15, 0.2) is 39.6 Å². The smallest absolute Gasteiger partial charge is 0.274 e. The fourth-order valence-corrected chi connectivity index (χ4v) is 3.66. The van der Waals surface area contributed by atoms with E-state index in [4.69, 9.17) is 9.47 Å². The van der Waals surface area contributed by atoms with E-state index >= 15 is 0 Å². The van der Waals surface area contributed by atoms with Crippen LogP contribution in [0, 0.1) is 0 Å². The number of hydrogen-bond donors (Lipinski definition) is 1. The van der Waals surface area contributed by atoms with Crippen molar-refractivity contribution in [3.05, 3.63) is 51.5 Å². The third-order valence-corrected chi connectivity index (χ3v) is 4.91. The van der Waals surface area contributed by atoms with E-state index in [0.717, 1.165) is 49.4 Å². The summed E-state index contributed by atoms with van der Waals surface area (Å²) in [5.74, 6) is 1.38. The van der Waals surface area contributed by atoms with Crippen LogP contribution in [0.25, 0.3) is 5.69 Å². The van der Waals surface area contributed by atoms with Crippen LogP contribution in [0.4, 0.5) is 0 Å². The molecule has 7 heteroatoms. The van der Waals surface area contributed by atoms with Crippen molar-refractivity contribution in [2.45, 2.75) is 26.3 Å². The van der Waals surface area contributed by atoms with E-state index in [1.54, 1.807) is 11.7 Å². The van der Waals surface area contributed by atoms with Gasteiger partial charge in [0.1, 0.15) is 0 Å². The highest BCUT2D eigenvalue weighted by Crippen LogP contribution is 2.33. The van der Waals surface area contributed by atoms with Crippen molar-refractivity contribution in [3.8, 4) is 17.2 Å². The van der Waals surface area contributed by atoms with Crippen LogP contribution in [0.3, 0.4) is 0 Å². The lowest BCUT2D eigenvalue weighted by Gasteiger charge is -2.26. The van der Waals surface area contributed by atoms with Crippen LogP contribution in [-0.4, -0.2) is 47.8 Å². The third-order valence-electron chi connectivity index (χ3n) is 4.91. The first kappa shape index (κ1) is 17.6. The zero-order valence-corrected chi connectivity index (χ0v) is 15.7. The summed E-state index contributed by atoms with van der Waals surface area (Å²) in [5.41, 5.74) is 3.83. The summed E-state index contributed by atoms with van der Waals surface area (Å²) in [5, 5.41) is 3.29. The Morgan fingerprint density at radius 2 is 2.19 bits per heavy atom. The molecule has 2 aromatic rings. The van der Waals surface area contributed by atoms with Crippen molar-refractivity contribution in [1.82, 2.24) is 14.7 Å². The summed E-state index contributed by atoms with van der Waals surface area (Å²) in [6.45, 7) is 4.77. The van der Waals surface area contributed by atoms with Crippen molar-refractivity contribution in [2.75, 3.05) is 26.9 Å². The van der Waals surface area contributed by atoms with Crippen LogP contribution in [0.1, 0.15) is 24.6 Å². The van der Waals surface area contributed by atoms with Crippen molar-refractivity contribution in [3.63, 3.8) is 0 Å². The normalized spacial score (nSPS) is 16.9. The number of allylic oxidation sites excluding steroid dienone is 1. The minimum atomic E-state index is 0.0166. The first-order chi connectivity index (χ1) is 13.2. The molecule has 0 aliphatic carbocycles. The van der Waals surface area contributed by atoms with E-state index in [2.05, 4.69) is 28.0 Å². The van der Waals surface area contributed by atoms with Gasteiger partial charge in [0.25, 0.3) is 5.56 Å². The second-order valence-electron chi connectivity index (χ2n) is 6.78. The van der Waals surface area contributed by atoms with Gasteiger partial charge in [-0.1, -0.05) is 13.0 Å². The molecule has 2 aliphatic heterocycles. The predicted octanol–water partition coefficient (Wildman–Crippen LogP) is 2.29.